The van der Waals surface area contributed by atoms with Crippen molar-refractivity contribution in [3.8, 4) is 0 Å². The van der Waals surface area contributed by atoms with Gasteiger partial charge in [-0.25, -0.2) is 0 Å². The molecule has 6 heteroatoms. The summed E-state index contributed by atoms with van der Waals surface area (Å²) in [7, 11) is 0. The van der Waals surface area contributed by atoms with Gasteiger partial charge in [-0.3, -0.25) is 0 Å². The highest BCUT2D eigenvalue weighted by molar-refractivity contribution is 6.30. The summed E-state index contributed by atoms with van der Waals surface area (Å²) in [5.41, 5.74) is 7.48. The van der Waals surface area contributed by atoms with Crippen LogP contribution < -0.4 is 11.1 Å². The first-order valence-electron chi connectivity index (χ1n) is 6.15. The second-order valence-corrected chi connectivity index (χ2v) is 4.98. The topological polar surface area (TPSA) is 76.7 Å². The van der Waals surface area contributed by atoms with E-state index >= 15 is 0 Å². The molecular formula is C14H16ClN5. The molecule has 3 N–H and O–H groups in total. The van der Waals surface area contributed by atoms with Gasteiger partial charge in [0.25, 0.3) is 0 Å². The summed E-state index contributed by atoms with van der Waals surface area (Å²) in [6, 6.07) is 7.60. The lowest BCUT2D eigenvalue weighted by atomic mass is 10.1. The molecular weight excluding hydrogens is 274 g/mol. The van der Waals surface area contributed by atoms with Gasteiger partial charge >= 0.3 is 0 Å². The number of aromatic nitrogens is 3. The summed E-state index contributed by atoms with van der Waals surface area (Å²) >= 11 is 5.87. The largest absolute Gasteiger partial charge is 0.368 e. The number of nitrogens with zero attached hydrogens (tertiary/aromatic N) is 3. The van der Waals surface area contributed by atoms with Crippen LogP contribution in [0.4, 0.5) is 11.9 Å². The first kappa shape index (κ1) is 14.3. The van der Waals surface area contributed by atoms with E-state index < -0.39 is 0 Å². The molecule has 1 heterocycles. The monoisotopic (exact) mass is 289 g/mol. The Balaban J connectivity index is 2.21. The number of hydrogen-bond acceptors (Lipinski definition) is 5. The average Bonchev–Trinajstić information content (AvgIpc) is 2.38. The molecule has 0 aliphatic carbocycles. The molecule has 1 aromatic carbocycles. The average molecular weight is 290 g/mol. The quantitative estimate of drug-likeness (QED) is 0.903. The van der Waals surface area contributed by atoms with Gasteiger partial charge in [-0.1, -0.05) is 30.3 Å². The standard InChI is InChI=1S/C14H16ClN5/c1-8(2)12-18-13(16)20-14(19-12)17-9(3)10-4-6-11(15)7-5-10/h4-7,9H,1H2,2-3H3,(H3,16,17,18,19,20). The molecule has 20 heavy (non-hydrogen) atoms. The third-order valence-corrected chi connectivity index (χ3v) is 3.00. The van der Waals surface area contributed by atoms with Crippen LogP contribution in [0.15, 0.2) is 30.8 Å². The van der Waals surface area contributed by atoms with Crippen molar-refractivity contribution in [3.05, 3.63) is 47.3 Å². The highest BCUT2D eigenvalue weighted by Crippen LogP contribution is 2.20. The Morgan fingerprint density at radius 1 is 1.25 bits per heavy atom. The van der Waals surface area contributed by atoms with Crippen LogP contribution in [0.1, 0.15) is 31.3 Å². The third kappa shape index (κ3) is 3.45. The molecule has 1 atom stereocenters. The van der Waals surface area contributed by atoms with Crippen LogP contribution in [0.5, 0.6) is 0 Å². The minimum Gasteiger partial charge on any atom is -0.368 e. The van der Waals surface area contributed by atoms with E-state index in [0.29, 0.717) is 16.8 Å². The predicted octanol–water partition coefficient (Wildman–Crippen LogP) is 3.31. The second kappa shape index (κ2) is 5.88. The van der Waals surface area contributed by atoms with Crippen LogP contribution in [0.25, 0.3) is 5.57 Å². The maximum absolute atomic E-state index is 5.87. The first-order chi connectivity index (χ1) is 9.45. The molecule has 2 rings (SSSR count). The fraction of sp³-hybridized carbons (Fsp3) is 0.214. The van der Waals surface area contributed by atoms with Gasteiger partial charge in [0.2, 0.25) is 11.9 Å². The van der Waals surface area contributed by atoms with Crippen LogP contribution in [0.2, 0.25) is 5.02 Å². The molecule has 0 fully saturated rings. The molecule has 1 aromatic heterocycles. The van der Waals surface area contributed by atoms with Crippen molar-refractivity contribution in [1.29, 1.82) is 0 Å². The summed E-state index contributed by atoms with van der Waals surface area (Å²) in [6.45, 7) is 7.63. The van der Waals surface area contributed by atoms with Crippen LogP contribution in [0.3, 0.4) is 0 Å². The van der Waals surface area contributed by atoms with Crippen molar-refractivity contribution in [1.82, 2.24) is 15.0 Å². The number of anilines is 2. The Morgan fingerprint density at radius 2 is 1.90 bits per heavy atom. The lowest BCUT2D eigenvalue weighted by Crippen LogP contribution is -2.12. The Hall–Kier alpha value is -2.14. The van der Waals surface area contributed by atoms with E-state index in [0.717, 1.165) is 11.1 Å². The summed E-state index contributed by atoms with van der Waals surface area (Å²) in [6.07, 6.45) is 0. The van der Waals surface area contributed by atoms with Gasteiger partial charge in [0.15, 0.2) is 5.82 Å². The lowest BCUT2D eigenvalue weighted by Gasteiger charge is -2.15. The smallest absolute Gasteiger partial charge is 0.228 e. The van der Waals surface area contributed by atoms with Crippen molar-refractivity contribution < 1.29 is 0 Å². The first-order valence-corrected chi connectivity index (χ1v) is 6.53. The van der Waals surface area contributed by atoms with E-state index in [1.807, 2.05) is 38.1 Å². The summed E-state index contributed by atoms with van der Waals surface area (Å²) in [5, 5.41) is 3.89. The van der Waals surface area contributed by atoms with E-state index in [4.69, 9.17) is 17.3 Å². The fourth-order valence-electron chi connectivity index (χ4n) is 1.68. The number of halogens is 1. The van der Waals surface area contributed by atoms with Gasteiger partial charge in [0.1, 0.15) is 0 Å². The number of rotatable bonds is 4. The predicted molar refractivity (Wildman–Crippen MR) is 82.4 cm³/mol. The SMILES string of the molecule is C=C(C)c1nc(N)nc(NC(C)c2ccc(Cl)cc2)n1. The van der Waals surface area contributed by atoms with Crippen LogP contribution in [0, 0.1) is 0 Å². The van der Waals surface area contributed by atoms with E-state index in [2.05, 4.69) is 26.8 Å². The second-order valence-electron chi connectivity index (χ2n) is 4.54. The third-order valence-electron chi connectivity index (χ3n) is 2.75. The molecule has 0 saturated heterocycles. The van der Waals surface area contributed by atoms with Crippen LogP contribution in [-0.2, 0) is 0 Å². The lowest BCUT2D eigenvalue weighted by molar-refractivity contribution is 0.852. The van der Waals surface area contributed by atoms with E-state index in [9.17, 15) is 0 Å². The van der Waals surface area contributed by atoms with Crippen molar-refractivity contribution in [2.24, 2.45) is 0 Å². The van der Waals surface area contributed by atoms with Gasteiger partial charge in [0.05, 0.1) is 6.04 Å². The van der Waals surface area contributed by atoms with Crippen molar-refractivity contribution >= 4 is 29.1 Å². The molecule has 0 spiro atoms. The zero-order chi connectivity index (χ0) is 14.7. The Bertz CT molecular complexity index is 624. The number of nitrogens with one attached hydrogen (secondary N) is 1. The fourth-order valence-corrected chi connectivity index (χ4v) is 1.80. The van der Waals surface area contributed by atoms with Gasteiger partial charge in [-0.2, -0.15) is 15.0 Å². The van der Waals surface area contributed by atoms with Crippen molar-refractivity contribution in [2.45, 2.75) is 19.9 Å². The van der Waals surface area contributed by atoms with Gasteiger partial charge in [-0.05, 0) is 37.1 Å². The number of benzene rings is 1. The molecule has 1 unspecified atom stereocenters. The van der Waals surface area contributed by atoms with E-state index in [1.54, 1.807) is 0 Å². The normalized spacial score (nSPS) is 11.9. The van der Waals surface area contributed by atoms with Crippen LogP contribution in [-0.4, -0.2) is 15.0 Å². The van der Waals surface area contributed by atoms with Gasteiger partial charge in [0, 0.05) is 5.02 Å². The molecule has 2 aromatic rings. The highest BCUT2D eigenvalue weighted by atomic mass is 35.5. The summed E-state index contributed by atoms with van der Waals surface area (Å²) < 4.78 is 0. The molecule has 0 saturated carbocycles. The molecule has 0 aliphatic rings. The zero-order valence-electron chi connectivity index (χ0n) is 11.4. The van der Waals surface area contributed by atoms with Crippen molar-refractivity contribution in [3.63, 3.8) is 0 Å². The van der Waals surface area contributed by atoms with Crippen molar-refractivity contribution in [2.75, 3.05) is 11.1 Å². The minimum atomic E-state index is 0.0204. The molecule has 0 amide bonds. The Morgan fingerprint density at radius 3 is 2.50 bits per heavy atom. The molecule has 5 nitrogen and oxygen atoms in total. The number of allylic oxidation sites excluding steroid dienone is 1. The Labute approximate surface area is 122 Å². The van der Waals surface area contributed by atoms with Gasteiger partial charge < -0.3 is 11.1 Å². The molecule has 104 valence electrons. The number of nitrogens with two attached hydrogens (primary N) is 1. The number of nitrogen functional groups attached to an aromatic ring is 1. The zero-order valence-corrected chi connectivity index (χ0v) is 12.1. The van der Waals surface area contributed by atoms with Crippen LogP contribution >= 0.6 is 11.6 Å². The van der Waals surface area contributed by atoms with E-state index in [-0.39, 0.29) is 12.0 Å². The molecule has 0 radical (unpaired) electrons. The maximum Gasteiger partial charge on any atom is 0.228 e. The van der Waals surface area contributed by atoms with Gasteiger partial charge in [-0.15, -0.1) is 0 Å². The number of hydrogen-bond donors (Lipinski definition) is 2. The molecule has 0 aliphatic heterocycles. The summed E-state index contributed by atoms with van der Waals surface area (Å²) in [5.74, 6) is 1.09. The highest BCUT2D eigenvalue weighted by Gasteiger charge is 2.10. The minimum absolute atomic E-state index is 0.0204. The summed E-state index contributed by atoms with van der Waals surface area (Å²) in [4.78, 5) is 12.4. The Kier molecular flexibility index (Phi) is 4.20. The molecule has 0 bridgehead atoms. The van der Waals surface area contributed by atoms with E-state index in [1.165, 1.54) is 0 Å². The maximum atomic E-state index is 5.87.